The van der Waals surface area contributed by atoms with E-state index in [2.05, 4.69) is 51.2 Å². The summed E-state index contributed by atoms with van der Waals surface area (Å²) in [5.41, 5.74) is 2.75. The molecule has 1 aromatic rings. The second-order valence-corrected chi connectivity index (χ2v) is 5.54. The van der Waals surface area contributed by atoms with Gasteiger partial charge in [-0.25, -0.2) is 0 Å². The lowest BCUT2D eigenvalue weighted by Gasteiger charge is -2.21. The largest absolute Gasteiger partial charge is 0.497 e. The first-order valence-corrected chi connectivity index (χ1v) is 6.53. The number of hydrogen-bond acceptors (Lipinski definition) is 2. The Morgan fingerprint density at radius 1 is 1.33 bits per heavy atom. The maximum atomic E-state index is 5.24. The van der Waals surface area contributed by atoms with E-state index in [0.717, 1.165) is 18.7 Å². The molecule has 0 bridgehead atoms. The Labute approximate surface area is 111 Å². The van der Waals surface area contributed by atoms with Gasteiger partial charge in [-0.15, -0.1) is 0 Å². The quantitative estimate of drug-likeness (QED) is 0.852. The van der Waals surface area contributed by atoms with Crippen LogP contribution in [0, 0.1) is 0 Å². The summed E-state index contributed by atoms with van der Waals surface area (Å²) < 4.78 is 5.24. The van der Waals surface area contributed by atoms with Crippen molar-refractivity contribution in [3.8, 4) is 5.75 Å². The SMILES string of the molecule is CCC(=Cc1cccc(OC)c1)CNC(C)(C)C. The van der Waals surface area contributed by atoms with Gasteiger partial charge in [-0.05, 0) is 44.9 Å². The van der Waals surface area contributed by atoms with Gasteiger partial charge in [0.2, 0.25) is 0 Å². The molecule has 0 heterocycles. The summed E-state index contributed by atoms with van der Waals surface area (Å²) in [4.78, 5) is 0. The van der Waals surface area contributed by atoms with E-state index in [-0.39, 0.29) is 5.54 Å². The monoisotopic (exact) mass is 247 g/mol. The second-order valence-electron chi connectivity index (χ2n) is 5.54. The van der Waals surface area contributed by atoms with Gasteiger partial charge < -0.3 is 10.1 Å². The Balaban J connectivity index is 2.76. The summed E-state index contributed by atoms with van der Waals surface area (Å²) in [6, 6.07) is 8.16. The van der Waals surface area contributed by atoms with E-state index in [0.29, 0.717) is 0 Å². The smallest absolute Gasteiger partial charge is 0.119 e. The van der Waals surface area contributed by atoms with Gasteiger partial charge in [0.25, 0.3) is 0 Å². The fourth-order valence-electron chi connectivity index (χ4n) is 1.62. The molecule has 2 heteroatoms. The fourth-order valence-corrected chi connectivity index (χ4v) is 1.62. The number of hydrogen-bond donors (Lipinski definition) is 1. The number of methoxy groups -OCH3 is 1. The highest BCUT2D eigenvalue weighted by molar-refractivity contribution is 5.55. The maximum absolute atomic E-state index is 5.24. The van der Waals surface area contributed by atoms with Crippen molar-refractivity contribution in [3.05, 3.63) is 35.4 Å². The van der Waals surface area contributed by atoms with Crippen molar-refractivity contribution in [2.75, 3.05) is 13.7 Å². The summed E-state index contributed by atoms with van der Waals surface area (Å²) >= 11 is 0. The molecule has 0 amide bonds. The molecule has 18 heavy (non-hydrogen) atoms. The molecule has 0 aliphatic rings. The standard InChI is InChI=1S/C16H25NO/c1-6-13(12-17-16(2,3)4)10-14-8-7-9-15(11-14)18-5/h7-11,17H,6,12H2,1-5H3. The van der Waals surface area contributed by atoms with E-state index >= 15 is 0 Å². The molecule has 1 aromatic carbocycles. The molecule has 1 N–H and O–H groups in total. The summed E-state index contributed by atoms with van der Waals surface area (Å²) in [5.74, 6) is 0.906. The third-order valence-electron chi connectivity index (χ3n) is 2.76. The first-order chi connectivity index (χ1) is 8.44. The molecule has 0 fully saturated rings. The van der Waals surface area contributed by atoms with Crippen molar-refractivity contribution in [2.45, 2.75) is 39.7 Å². The van der Waals surface area contributed by atoms with Gasteiger partial charge in [0.05, 0.1) is 7.11 Å². The summed E-state index contributed by atoms with van der Waals surface area (Å²) in [6.45, 7) is 9.68. The topological polar surface area (TPSA) is 21.3 Å². The van der Waals surface area contributed by atoms with Crippen molar-refractivity contribution < 1.29 is 4.74 Å². The molecule has 0 aromatic heterocycles. The molecule has 1 rings (SSSR count). The molecule has 0 atom stereocenters. The van der Waals surface area contributed by atoms with Gasteiger partial charge in [0, 0.05) is 12.1 Å². The van der Waals surface area contributed by atoms with Crippen molar-refractivity contribution in [3.63, 3.8) is 0 Å². The molecule has 0 unspecified atom stereocenters. The molecule has 2 nitrogen and oxygen atoms in total. The van der Waals surface area contributed by atoms with E-state index in [9.17, 15) is 0 Å². The molecular formula is C16H25NO. The Bertz CT molecular complexity index is 402. The lowest BCUT2D eigenvalue weighted by Crippen LogP contribution is -2.36. The van der Waals surface area contributed by atoms with Gasteiger partial charge in [0.1, 0.15) is 5.75 Å². The van der Waals surface area contributed by atoms with Gasteiger partial charge in [-0.2, -0.15) is 0 Å². The van der Waals surface area contributed by atoms with Crippen LogP contribution >= 0.6 is 0 Å². The lowest BCUT2D eigenvalue weighted by atomic mass is 10.1. The van der Waals surface area contributed by atoms with Crippen molar-refractivity contribution in [2.24, 2.45) is 0 Å². The van der Waals surface area contributed by atoms with Crippen LogP contribution in [0.3, 0.4) is 0 Å². The second kappa shape index (κ2) is 6.60. The minimum Gasteiger partial charge on any atom is -0.497 e. The Morgan fingerprint density at radius 2 is 2.06 bits per heavy atom. The number of rotatable bonds is 5. The van der Waals surface area contributed by atoms with Crippen LogP contribution in [0.5, 0.6) is 5.75 Å². The van der Waals surface area contributed by atoms with Crippen LogP contribution in [0.25, 0.3) is 6.08 Å². The molecule has 100 valence electrons. The van der Waals surface area contributed by atoms with Crippen molar-refractivity contribution >= 4 is 6.08 Å². The summed E-state index contributed by atoms with van der Waals surface area (Å²) in [6.07, 6.45) is 3.29. The predicted octanol–water partition coefficient (Wildman–Crippen LogP) is 3.88. The van der Waals surface area contributed by atoms with E-state index in [1.54, 1.807) is 7.11 Å². The van der Waals surface area contributed by atoms with Crippen LogP contribution in [-0.2, 0) is 0 Å². The molecule has 0 radical (unpaired) electrons. The van der Waals surface area contributed by atoms with E-state index < -0.39 is 0 Å². The average Bonchev–Trinajstić information content (AvgIpc) is 2.33. The summed E-state index contributed by atoms with van der Waals surface area (Å²) in [7, 11) is 1.70. The van der Waals surface area contributed by atoms with Crippen LogP contribution in [0.15, 0.2) is 29.8 Å². The molecule has 0 spiro atoms. The maximum Gasteiger partial charge on any atom is 0.119 e. The first kappa shape index (κ1) is 14.8. The van der Waals surface area contributed by atoms with Crippen molar-refractivity contribution in [1.82, 2.24) is 5.32 Å². The first-order valence-electron chi connectivity index (χ1n) is 6.53. The van der Waals surface area contributed by atoms with E-state index in [1.807, 2.05) is 12.1 Å². The zero-order valence-electron chi connectivity index (χ0n) is 12.2. The van der Waals surface area contributed by atoms with Crippen LogP contribution in [0.1, 0.15) is 39.7 Å². The van der Waals surface area contributed by atoms with Gasteiger partial charge in [-0.1, -0.05) is 30.7 Å². The van der Waals surface area contributed by atoms with Gasteiger partial charge in [-0.3, -0.25) is 0 Å². The predicted molar refractivity (Wildman–Crippen MR) is 79.0 cm³/mol. The summed E-state index contributed by atoms with van der Waals surface area (Å²) in [5, 5.41) is 3.52. The molecule has 0 aliphatic carbocycles. The van der Waals surface area contributed by atoms with Gasteiger partial charge in [0.15, 0.2) is 0 Å². The van der Waals surface area contributed by atoms with E-state index in [4.69, 9.17) is 4.74 Å². The van der Waals surface area contributed by atoms with Crippen LogP contribution < -0.4 is 10.1 Å². The zero-order valence-corrected chi connectivity index (χ0v) is 12.2. The number of nitrogens with one attached hydrogen (secondary N) is 1. The van der Waals surface area contributed by atoms with E-state index in [1.165, 1.54) is 11.1 Å². The fraction of sp³-hybridized carbons (Fsp3) is 0.500. The third-order valence-corrected chi connectivity index (χ3v) is 2.76. The minimum atomic E-state index is 0.155. The van der Waals surface area contributed by atoms with Crippen LogP contribution in [-0.4, -0.2) is 19.2 Å². The Kier molecular flexibility index (Phi) is 5.42. The van der Waals surface area contributed by atoms with Gasteiger partial charge >= 0.3 is 0 Å². The van der Waals surface area contributed by atoms with Crippen LogP contribution in [0.2, 0.25) is 0 Å². The zero-order chi connectivity index (χ0) is 13.6. The highest BCUT2D eigenvalue weighted by Crippen LogP contribution is 2.16. The Hall–Kier alpha value is -1.28. The third kappa shape index (κ3) is 5.37. The highest BCUT2D eigenvalue weighted by atomic mass is 16.5. The lowest BCUT2D eigenvalue weighted by molar-refractivity contribution is 0.414. The number of benzene rings is 1. The Morgan fingerprint density at radius 3 is 2.61 bits per heavy atom. The molecule has 0 saturated heterocycles. The average molecular weight is 247 g/mol. The van der Waals surface area contributed by atoms with Crippen molar-refractivity contribution in [1.29, 1.82) is 0 Å². The molecule has 0 saturated carbocycles. The highest BCUT2D eigenvalue weighted by Gasteiger charge is 2.08. The van der Waals surface area contributed by atoms with Crippen LogP contribution in [0.4, 0.5) is 0 Å². The molecular weight excluding hydrogens is 222 g/mol. The minimum absolute atomic E-state index is 0.155. The normalized spacial score (nSPS) is 12.6. The number of ether oxygens (including phenoxy) is 1. The molecule has 0 aliphatic heterocycles.